The molecule has 2 nitrogen and oxygen atoms in total. The fraction of sp³-hybridized carbons (Fsp3) is 0.714. The van der Waals surface area contributed by atoms with Crippen LogP contribution in [0.4, 0.5) is 0 Å². The molecule has 0 rings (SSSR count). The van der Waals surface area contributed by atoms with Crippen molar-refractivity contribution in [3.05, 3.63) is 6.92 Å². The molecule has 0 aromatic heterocycles. The highest BCUT2D eigenvalue weighted by Crippen LogP contribution is 1.96. The zero-order valence-corrected chi connectivity index (χ0v) is 6.02. The normalized spacial score (nSPS) is 12.8. The van der Waals surface area contributed by atoms with Gasteiger partial charge in [-0.3, -0.25) is 4.79 Å². The van der Waals surface area contributed by atoms with Gasteiger partial charge in [0.25, 0.3) is 0 Å². The van der Waals surface area contributed by atoms with Gasteiger partial charge in [-0.1, -0.05) is 13.8 Å². The van der Waals surface area contributed by atoms with E-state index in [1.165, 1.54) is 0 Å². The molecule has 0 aliphatic heterocycles. The molecule has 0 bridgehead atoms. The van der Waals surface area contributed by atoms with Crippen LogP contribution in [0.5, 0.6) is 0 Å². The van der Waals surface area contributed by atoms with Gasteiger partial charge in [-0.05, 0) is 13.3 Å². The molecular weight excluding hydrogens is 116 g/mol. The van der Waals surface area contributed by atoms with Crippen molar-refractivity contribution in [1.29, 1.82) is 0 Å². The molecule has 0 N–H and O–H groups in total. The van der Waals surface area contributed by atoms with Crippen molar-refractivity contribution in [2.45, 2.75) is 32.8 Å². The number of carbonyl (C=O) groups is 1. The second-order valence-electron chi connectivity index (χ2n) is 1.87. The second kappa shape index (κ2) is 4.36. The molecule has 0 aromatic carbocycles. The van der Waals surface area contributed by atoms with Crippen LogP contribution >= 0.6 is 0 Å². The summed E-state index contributed by atoms with van der Waals surface area (Å²) in [5.41, 5.74) is 0. The average Bonchev–Trinajstić information content (AvgIpc) is 1.87. The Morgan fingerprint density at radius 2 is 2.22 bits per heavy atom. The summed E-state index contributed by atoms with van der Waals surface area (Å²) in [6, 6.07) is 0. The van der Waals surface area contributed by atoms with Crippen LogP contribution in [-0.2, 0) is 9.53 Å². The topological polar surface area (TPSA) is 26.3 Å². The van der Waals surface area contributed by atoms with Crippen LogP contribution in [0.3, 0.4) is 0 Å². The minimum Gasteiger partial charge on any atom is -0.462 e. The lowest BCUT2D eigenvalue weighted by Crippen LogP contribution is -2.12. The van der Waals surface area contributed by atoms with Crippen LogP contribution in [0.15, 0.2) is 0 Å². The predicted molar refractivity (Wildman–Crippen MR) is 35.8 cm³/mol. The first-order valence-electron chi connectivity index (χ1n) is 3.23. The zero-order valence-electron chi connectivity index (χ0n) is 6.02. The van der Waals surface area contributed by atoms with E-state index in [-0.39, 0.29) is 12.1 Å². The lowest BCUT2D eigenvalue weighted by molar-refractivity contribution is -0.146. The van der Waals surface area contributed by atoms with Crippen molar-refractivity contribution in [1.82, 2.24) is 0 Å². The maximum atomic E-state index is 10.5. The summed E-state index contributed by atoms with van der Waals surface area (Å²) in [5.74, 6) is -0.170. The van der Waals surface area contributed by atoms with Gasteiger partial charge in [-0.25, -0.2) is 0 Å². The van der Waals surface area contributed by atoms with Crippen LogP contribution in [0.25, 0.3) is 0 Å². The number of rotatable bonds is 3. The van der Waals surface area contributed by atoms with E-state index in [2.05, 4.69) is 6.92 Å². The summed E-state index contributed by atoms with van der Waals surface area (Å²) in [6.07, 6.45) is 1.05. The van der Waals surface area contributed by atoms with Crippen molar-refractivity contribution in [3.8, 4) is 0 Å². The zero-order chi connectivity index (χ0) is 7.28. The van der Waals surface area contributed by atoms with Crippen molar-refractivity contribution < 1.29 is 9.53 Å². The van der Waals surface area contributed by atoms with E-state index in [1.807, 2.05) is 6.92 Å². The van der Waals surface area contributed by atoms with Crippen LogP contribution in [0.2, 0.25) is 0 Å². The Labute approximate surface area is 56.2 Å². The summed E-state index contributed by atoms with van der Waals surface area (Å²) in [6.45, 7) is 7.30. The van der Waals surface area contributed by atoms with Gasteiger partial charge in [-0.2, -0.15) is 0 Å². The van der Waals surface area contributed by atoms with E-state index in [0.717, 1.165) is 6.42 Å². The third-order valence-corrected chi connectivity index (χ3v) is 1.04. The number of hydrogen-bond donors (Lipinski definition) is 0. The van der Waals surface area contributed by atoms with Gasteiger partial charge in [-0.15, -0.1) is 0 Å². The van der Waals surface area contributed by atoms with Crippen LogP contribution in [-0.4, -0.2) is 12.1 Å². The molecule has 0 fully saturated rings. The highest BCUT2D eigenvalue weighted by atomic mass is 16.5. The third kappa shape index (κ3) is 4.01. The Morgan fingerprint density at radius 3 is 2.56 bits per heavy atom. The molecule has 0 aliphatic carbocycles. The summed E-state index contributed by atoms with van der Waals surface area (Å²) in [4.78, 5) is 10.5. The summed E-state index contributed by atoms with van der Waals surface area (Å²) < 4.78 is 4.80. The Kier molecular flexibility index (Phi) is 4.10. The quantitative estimate of drug-likeness (QED) is 0.540. The molecule has 0 saturated heterocycles. The van der Waals surface area contributed by atoms with Crippen molar-refractivity contribution in [2.24, 2.45) is 0 Å². The first-order valence-corrected chi connectivity index (χ1v) is 3.23. The largest absolute Gasteiger partial charge is 0.462 e. The molecule has 0 amide bonds. The van der Waals surface area contributed by atoms with Gasteiger partial charge >= 0.3 is 5.97 Å². The molecule has 0 spiro atoms. The molecule has 1 unspecified atom stereocenters. The Bertz CT molecular complexity index is 88.9. The molecule has 2 heteroatoms. The van der Waals surface area contributed by atoms with Crippen LogP contribution < -0.4 is 0 Å². The minimum absolute atomic E-state index is 0.169. The Morgan fingerprint density at radius 1 is 1.67 bits per heavy atom. The molecule has 0 heterocycles. The summed E-state index contributed by atoms with van der Waals surface area (Å²) in [5, 5.41) is 0. The van der Waals surface area contributed by atoms with Gasteiger partial charge in [0.1, 0.15) is 6.10 Å². The monoisotopic (exact) mass is 129 g/mol. The van der Waals surface area contributed by atoms with E-state index < -0.39 is 0 Å². The molecule has 9 heavy (non-hydrogen) atoms. The van der Waals surface area contributed by atoms with Gasteiger partial charge in [0.15, 0.2) is 0 Å². The van der Waals surface area contributed by atoms with Crippen molar-refractivity contribution in [2.75, 3.05) is 0 Å². The fourth-order valence-electron chi connectivity index (χ4n) is 0.353. The Balaban J connectivity index is 3.34. The number of hydrogen-bond acceptors (Lipinski definition) is 2. The van der Waals surface area contributed by atoms with Gasteiger partial charge < -0.3 is 4.74 Å². The van der Waals surface area contributed by atoms with Gasteiger partial charge in [0.05, 0.1) is 0 Å². The highest BCUT2D eigenvalue weighted by molar-refractivity contribution is 5.69. The SMILES string of the molecule is [CH2]C(CC)OC(=O)CC. The molecule has 0 aliphatic rings. The van der Waals surface area contributed by atoms with E-state index in [4.69, 9.17) is 4.74 Å². The van der Waals surface area contributed by atoms with E-state index in [9.17, 15) is 4.79 Å². The smallest absolute Gasteiger partial charge is 0.305 e. The molecule has 0 saturated carbocycles. The lowest BCUT2D eigenvalue weighted by atomic mass is 10.3. The van der Waals surface area contributed by atoms with Crippen LogP contribution in [0, 0.1) is 6.92 Å². The summed E-state index contributed by atoms with van der Waals surface area (Å²) >= 11 is 0. The molecule has 1 atom stereocenters. The average molecular weight is 129 g/mol. The molecule has 1 radical (unpaired) electrons. The van der Waals surface area contributed by atoms with Crippen molar-refractivity contribution >= 4 is 5.97 Å². The highest BCUT2D eigenvalue weighted by Gasteiger charge is 2.03. The molecule has 0 aromatic rings. The second-order valence-corrected chi connectivity index (χ2v) is 1.87. The summed E-state index contributed by atoms with van der Waals surface area (Å²) in [7, 11) is 0. The first kappa shape index (κ1) is 8.47. The van der Waals surface area contributed by atoms with E-state index in [0.29, 0.717) is 6.42 Å². The first-order chi connectivity index (χ1) is 4.20. The predicted octanol–water partition coefficient (Wildman–Crippen LogP) is 1.55. The number of carbonyl (C=O) groups excluding carboxylic acids is 1. The number of ether oxygens (including phenoxy) is 1. The Hall–Kier alpha value is -0.530. The number of esters is 1. The third-order valence-electron chi connectivity index (χ3n) is 1.04. The van der Waals surface area contributed by atoms with Crippen molar-refractivity contribution in [3.63, 3.8) is 0 Å². The van der Waals surface area contributed by atoms with Gasteiger partial charge in [0.2, 0.25) is 0 Å². The van der Waals surface area contributed by atoms with Crippen LogP contribution in [0.1, 0.15) is 26.7 Å². The van der Waals surface area contributed by atoms with Gasteiger partial charge in [0, 0.05) is 6.42 Å². The maximum Gasteiger partial charge on any atom is 0.305 e. The van der Waals surface area contributed by atoms with E-state index in [1.54, 1.807) is 6.92 Å². The molecular formula is C7H13O2. The minimum atomic E-state index is -0.170. The van der Waals surface area contributed by atoms with E-state index >= 15 is 0 Å². The maximum absolute atomic E-state index is 10.5. The molecule has 53 valence electrons. The standard InChI is InChI=1S/C7H13O2/c1-4-6(3)9-7(8)5-2/h6H,3-5H2,1-2H3. The fourth-order valence-corrected chi connectivity index (χ4v) is 0.353. The lowest BCUT2D eigenvalue weighted by Gasteiger charge is -2.08.